The molecule has 0 spiro atoms. The molecule has 1 aliphatic heterocycles. The van der Waals surface area contributed by atoms with Crippen LogP contribution in [0.3, 0.4) is 0 Å². The minimum atomic E-state index is 0.295. The molecule has 2 aromatic rings. The van der Waals surface area contributed by atoms with E-state index < -0.39 is 0 Å². The third kappa shape index (κ3) is 1.67. The summed E-state index contributed by atoms with van der Waals surface area (Å²) in [6.07, 6.45) is 4.15. The number of hydrogen-bond donors (Lipinski definition) is 0. The number of para-hydroxylation sites is 1. The molecule has 0 radical (unpaired) electrons. The van der Waals surface area contributed by atoms with Crippen molar-refractivity contribution in [2.45, 2.75) is 45.6 Å². The van der Waals surface area contributed by atoms with Gasteiger partial charge in [0, 0.05) is 29.1 Å². The number of nitrogens with zero attached hydrogens (tertiary/aromatic N) is 1. The molecule has 2 heterocycles. The fraction of sp³-hybridized carbons (Fsp3) is 0.438. The Balaban J connectivity index is 2.21. The summed E-state index contributed by atoms with van der Waals surface area (Å²) >= 11 is 0. The summed E-state index contributed by atoms with van der Waals surface area (Å²) in [4.78, 5) is 11.5. The van der Waals surface area contributed by atoms with Gasteiger partial charge in [0.25, 0.3) is 0 Å². The Bertz CT molecular complexity index is 609. The van der Waals surface area contributed by atoms with E-state index in [-0.39, 0.29) is 0 Å². The summed E-state index contributed by atoms with van der Waals surface area (Å²) in [5, 5.41) is 1.35. The number of carbonyl (C=O) groups excluding carboxylic acids is 1. The Morgan fingerprint density at radius 1 is 1.39 bits per heavy atom. The number of aromatic nitrogens is 1. The highest BCUT2D eigenvalue weighted by molar-refractivity contribution is 5.86. The molecule has 0 saturated heterocycles. The molecule has 0 fully saturated rings. The van der Waals surface area contributed by atoms with Gasteiger partial charge in [-0.05, 0) is 44.7 Å². The van der Waals surface area contributed by atoms with E-state index in [4.69, 9.17) is 0 Å². The largest absolute Gasteiger partial charge is 0.341 e. The molecule has 1 aromatic heterocycles. The maximum Gasteiger partial charge on any atom is 0.131 e. The molecule has 94 valence electrons. The highest BCUT2D eigenvalue weighted by Crippen LogP contribution is 2.36. The zero-order valence-corrected chi connectivity index (χ0v) is 11.1. The first-order chi connectivity index (χ1) is 8.68. The summed E-state index contributed by atoms with van der Waals surface area (Å²) in [6.45, 7) is 3.91. The van der Waals surface area contributed by atoms with E-state index in [2.05, 4.69) is 35.8 Å². The van der Waals surface area contributed by atoms with Crippen molar-refractivity contribution in [2.24, 2.45) is 0 Å². The Morgan fingerprint density at radius 3 is 2.94 bits per heavy atom. The van der Waals surface area contributed by atoms with Crippen molar-refractivity contribution in [3.05, 3.63) is 35.5 Å². The third-order valence-electron chi connectivity index (χ3n) is 4.13. The molecular weight excluding hydrogens is 222 g/mol. The van der Waals surface area contributed by atoms with Gasteiger partial charge in [-0.1, -0.05) is 18.2 Å². The SMILES string of the molecule is CC(=O)C[C@H]1CCCc2c(C)c3ccccc3n21. The molecule has 1 aromatic carbocycles. The smallest absolute Gasteiger partial charge is 0.131 e. The summed E-state index contributed by atoms with van der Waals surface area (Å²) < 4.78 is 2.43. The number of carbonyl (C=O) groups is 1. The second-order valence-electron chi connectivity index (χ2n) is 5.41. The van der Waals surface area contributed by atoms with Crippen LogP contribution in [0.1, 0.15) is 43.5 Å². The number of hydrogen-bond acceptors (Lipinski definition) is 1. The Kier molecular flexibility index (Phi) is 2.73. The van der Waals surface area contributed by atoms with Crippen LogP contribution in [0.25, 0.3) is 10.9 Å². The van der Waals surface area contributed by atoms with Gasteiger partial charge >= 0.3 is 0 Å². The predicted molar refractivity (Wildman–Crippen MR) is 73.9 cm³/mol. The van der Waals surface area contributed by atoms with Crippen molar-refractivity contribution in [1.82, 2.24) is 4.57 Å². The third-order valence-corrected chi connectivity index (χ3v) is 4.13. The lowest BCUT2D eigenvalue weighted by Crippen LogP contribution is -2.19. The molecule has 0 amide bonds. The van der Waals surface area contributed by atoms with Crippen LogP contribution in [-0.2, 0) is 11.2 Å². The maximum atomic E-state index is 11.5. The Hall–Kier alpha value is -1.57. The number of Topliss-reactive ketones (excluding diaryl/α,β-unsaturated/α-hetero) is 1. The summed E-state index contributed by atoms with van der Waals surface area (Å²) in [7, 11) is 0. The molecule has 0 bridgehead atoms. The number of benzene rings is 1. The highest BCUT2D eigenvalue weighted by Gasteiger charge is 2.25. The van der Waals surface area contributed by atoms with Crippen molar-refractivity contribution in [1.29, 1.82) is 0 Å². The lowest BCUT2D eigenvalue weighted by Gasteiger charge is -2.27. The first-order valence-electron chi connectivity index (χ1n) is 6.76. The molecule has 2 nitrogen and oxygen atoms in total. The van der Waals surface area contributed by atoms with Gasteiger partial charge in [0.05, 0.1) is 0 Å². The van der Waals surface area contributed by atoms with Crippen LogP contribution in [0.5, 0.6) is 0 Å². The van der Waals surface area contributed by atoms with Gasteiger partial charge in [0.2, 0.25) is 0 Å². The molecule has 0 aliphatic carbocycles. The van der Waals surface area contributed by atoms with Crippen LogP contribution in [0.4, 0.5) is 0 Å². The lowest BCUT2D eigenvalue weighted by molar-refractivity contribution is -0.117. The van der Waals surface area contributed by atoms with E-state index in [0.29, 0.717) is 18.2 Å². The van der Waals surface area contributed by atoms with Crippen LogP contribution in [0, 0.1) is 6.92 Å². The number of ketones is 1. The highest BCUT2D eigenvalue weighted by atomic mass is 16.1. The van der Waals surface area contributed by atoms with Gasteiger partial charge in [-0.2, -0.15) is 0 Å². The van der Waals surface area contributed by atoms with Crippen molar-refractivity contribution >= 4 is 16.7 Å². The van der Waals surface area contributed by atoms with E-state index in [0.717, 1.165) is 12.8 Å². The van der Waals surface area contributed by atoms with E-state index in [1.165, 1.54) is 28.6 Å². The maximum absolute atomic E-state index is 11.5. The van der Waals surface area contributed by atoms with Crippen LogP contribution >= 0.6 is 0 Å². The standard InChI is InChI=1S/C16H19NO/c1-11(18)10-13-6-5-9-15-12(2)14-7-3-4-8-16(14)17(13)15/h3-4,7-8,13H,5-6,9-10H2,1-2H3/t13-/m1/s1. The Morgan fingerprint density at radius 2 is 2.17 bits per heavy atom. The fourth-order valence-electron chi connectivity index (χ4n) is 3.37. The van der Waals surface area contributed by atoms with E-state index in [1.54, 1.807) is 6.92 Å². The van der Waals surface area contributed by atoms with Crippen LogP contribution in [0.15, 0.2) is 24.3 Å². The monoisotopic (exact) mass is 241 g/mol. The topological polar surface area (TPSA) is 22.0 Å². The van der Waals surface area contributed by atoms with Crippen molar-refractivity contribution in [3.63, 3.8) is 0 Å². The second kappa shape index (κ2) is 4.27. The molecule has 0 unspecified atom stereocenters. The molecule has 3 rings (SSSR count). The van der Waals surface area contributed by atoms with Crippen LogP contribution in [-0.4, -0.2) is 10.4 Å². The average Bonchev–Trinajstić information content (AvgIpc) is 2.65. The number of fused-ring (bicyclic) bond motifs is 3. The van der Waals surface area contributed by atoms with Gasteiger partial charge in [0.1, 0.15) is 5.78 Å². The van der Waals surface area contributed by atoms with E-state index in [1.807, 2.05) is 0 Å². The summed E-state index contributed by atoms with van der Waals surface area (Å²) in [5.41, 5.74) is 4.14. The Labute approximate surface area is 108 Å². The van der Waals surface area contributed by atoms with Gasteiger partial charge in [-0.15, -0.1) is 0 Å². The van der Waals surface area contributed by atoms with Crippen molar-refractivity contribution in [2.75, 3.05) is 0 Å². The van der Waals surface area contributed by atoms with Gasteiger partial charge in [-0.25, -0.2) is 0 Å². The zero-order valence-electron chi connectivity index (χ0n) is 11.1. The van der Waals surface area contributed by atoms with Gasteiger partial charge in [0.15, 0.2) is 0 Å². The zero-order chi connectivity index (χ0) is 12.7. The molecule has 1 aliphatic rings. The average molecular weight is 241 g/mol. The minimum absolute atomic E-state index is 0.295. The van der Waals surface area contributed by atoms with Crippen LogP contribution < -0.4 is 0 Å². The second-order valence-corrected chi connectivity index (χ2v) is 5.41. The number of rotatable bonds is 2. The molecule has 18 heavy (non-hydrogen) atoms. The summed E-state index contributed by atoms with van der Waals surface area (Å²) in [6, 6.07) is 8.94. The normalized spacial score (nSPS) is 18.9. The van der Waals surface area contributed by atoms with Gasteiger partial charge in [-0.3, -0.25) is 4.79 Å². The van der Waals surface area contributed by atoms with Gasteiger partial charge < -0.3 is 4.57 Å². The van der Waals surface area contributed by atoms with E-state index in [9.17, 15) is 4.79 Å². The molecule has 0 saturated carbocycles. The van der Waals surface area contributed by atoms with Crippen LogP contribution in [0.2, 0.25) is 0 Å². The first-order valence-corrected chi connectivity index (χ1v) is 6.76. The quantitative estimate of drug-likeness (QED) is 0.783. The predicted octanol–water partition coefficient (Wildman–Crippen LogP) is 3.81. The van der Waals surface area contributed by atoms with Crippen molar-refractivity contribution < 1.29 is 4.79 Å². The molecule has 2 heteroatoms. The molecule has 1 atom stereocenters. The number of aryl methyl sites for hydroxylation is 1. The summed E-state index contributed by atoms with van der Waals surface area (Å²) in [5.74, 6) is 0.295. The first kappa shape index (κ1) is 11.5. The minimum Gasteiger partial charge on any atom is -0.341 e. The lowest BCUT2D eigenvalue weighted by atomic mass is 9.97. The van der Waals surface area contributed by atoms with E-state index >= 15 is 0 Å². The molecular formula is C16H19NO. The fourth-order valence-corrected chi connectivity index (χ4v) is 3.37. The van der Waals surface area contributed by atoms with Crippen molar-refractivity contribution in [3.8, 4) is 0 Å². The molecule has 0 N–H and O–H groups in total.